The number of benzene rings is 4. The number of hydrogen-bond donors (Lipinski definition) is 2. The SMILES string of the molecule is CN(CCN1CCOCC1)C(=O)Cc1cccc(SCc2cccc(C(=O)Nc3ccc(N4CCCCC4)cc3-c3cc(C(=O)NCc4cccc(C(F)(F)F)c4)ccn3)c2)c1. The van der Waals surface area contributed by atoms with Crippen LogP contribution in [0.5, 0.6) is 0 Å². The number of halogens is 3. The molecule has 4 aromatic carbocycles. The van der Waals surface area contributed by atoms with E-state index in [-0.39, 0.29) is 23.9 Å². The first-order chi connectivity index (χ1) is 30.0. The fourth-order valence-corrected chi connectivity index (χ4v) is 8.44. The molecular weight excluding hydrogens is 814 g/mol. The number of aromatic nitrogens is 1. The maximum absolute atomic E-state index is 13.9. The van der Waals surface area contributed by atoms with Crippen LogP contribution < -0.4 is 15.5 Å². The number of amides is 3. The minimum Gasteiger partial charge on any atom is -0.379 e. The van der Waals surface area contributed by atoms with Crippen molar-refractivity contribution in [1.82, 2.24) is 20.1 Å². The Balaban J connectivity index is 1.01. The molecule has 2 fully saturated rings. The van der Waals surface area contributed by atoms with Crippen LogP contribution in [0.3, 0.4) is 0 Å². The fraction of sp³-hybridized carbons (Fsp3) is 0.333. The second-order valence-electron chi connectivity index (χ2n) is 15.6. The van der Waals surface area contributed by atoms with E-state index in [1.165, 1.54) is 18.3 Å². The van der Waals surface area contributed by atoms with E-state index in [0.29, 0.717) is 46.8 Å². The monoisotopic (exact) mass is 864 g/mol. The lowest BCUT2D eigenvalue weighted by Gasteiger charge is -2.29. The molecule has 62 heavy (non-hydrogen) atoms. The maximum Gasteiger partial charge on any atom is 0.416 e. The third kappa shape index (κ3) is 12.2. The van der Waals surface area contributed by atoms with E-state index < -0.39 is 17.6 Å². The van der Waals surface area contributed by atoms with Gasteiger partial charge in [0.1, 0.15) is 0 Å². The van der Waals surface area contributed by atoms with E-state index in [9.17, 15) is 27.6 Å². The van der Waals surface area contributed by atoms with Gasteiger partial charge >= 0.3 is 6.18 Å². The van der Waals surface area contributed by atoms with Crippen LogP contribution in [0.4, 0.5) is 24.5 Å². The molecule has 0 radical (unpaired) electrons. The van der Waals surface area contributed by atoms with Gasteiger partial charge in [0.25, 0.3) is 11.8 Å². The molecule has 0 atom stereocenters. The summed E-state index contributed by atoms with van der Waals surface area (Å²) in [6.07, 6.45) is 0.643. The first-order valence-corrected chi connectivity index (χ1v) is 21.9. The Morgan fingerprint density at radius 1 is 0.790 bits per heavy atom. The molecular formula is C48H51F3N6O4S. The third-order valence-electron chi connectivity index (χ3n) is 11.1. The highest BCUT2D eigenvalue weighted by Gasteiger charge is 2.30. The van der Waals surface area contributed by atoms with Gasteiger partial charge in [-0.25, -0.2) is 0 Å². The number of ether oxygens (including phenoxy) is 1. The molecule has 0 saturated carbocycles. The van der Waals surface area contributed by atoms with Crippen molar-refractivity contribution in [2.75, 3.05) is 69.7 Å². The van der Waals surface area contributed by atoms with E-state index >= 15 is 0 Å². The second-order valence-corrected chi connectivity index (χ2v) is 16.7. The Labute approximate surface area is 364 Å². The van der Waals surface area contributed by atoms with Gasteiger partial charge in [-0.2, -0.15) is 13.2 Å². The van der Waals surface area contributed by atoms with Crippen LogP contribution in [0.1, 0.15) is 62.2 Å². The molecule has 0 aliphatic carbocycles. The van der Waals surface area contributed by atoms with Gasteiger partial charge in [0.15, 0.2) is 0 Å². The largest absolute Gasteiger partial charge is 0.416 e. The number of anilines is 2. The molecule has 0 bridgehead atoms. The number of nitrogens with one attached hydrogen (secondary N) is 2. The summed E-state index contributed by atoms with van der Waals surface area (Å²) in [5, 5.41) is 5.82. The highest BCUT2D eigenvalue weighted by Crippen LogP contribution is 2.34. The summed E-state index contributed by atoms with van der Waals surface area (Å²) >= 11 is 1.63. The lowest BCUT2D eigenvalue weighted by molar-refractivity contribution is -0.137. The molecule has 10 nitrogen and oxygen atoms in total. The third-order valence-corrected chi connectivity index (χ3v) is 12.2. The van der Waals surface area contributed by atoms with Crippen molar-refractivity contribution < 1.29 is 32.3 Å². The molecule has 0 unspecified atom stereocenters. The van der Waals surface area contributed by atoms with Crippen molar-refractivity contribution >= 4 is 40.9 Å². The Bertz CT molecular complexity index is 2350. The van der Waals surface area contributed by atoms with Gasteiger partial charge in [-0.1, -0.05) is 36.4 Å². The molecule has 2 aliphatic rings. The predicted molar refractivity (Wildman–Crippen MR) is 237 cm³/mol. The number of likely N-dealkylation sites (N-methyl/N-ethyl adjacent to an activating group) is 1. The first kappa shape index (κ1) is 44.4. The average molecular weight is 865 g/mol. The zero-order chi connectivity index (χ0) is 43.5. The molecule has 3 heterocycles. The number of alkyl halides is 3. The van der Waals surface area contributed by atoms with Gasteiger partial charge in [-0.3, -0.25) is 24.3 Å². The number of rotatable bonds is 15. The molecule has 7 rings (SSSR count). The molecule has 3 amide bonds. The predicted octanol–water partition coefficient (Wildman–Crippen LogP) is 8.57. The van der Waals surface area contributed by atoms with E-state index in [4.69, 9.17) is 4.74 Å². The minimum atomic E-state index is -4.49. The van der Waals surface area contributed by atoms with Gasteiger partial charge in [0.2, 0.25) is 5.91 Å². The van der Waals surface area contributed by atoms with Gasteiger partial charge in [-0.15, -0.1) is 11.8 Å². The number of nitrogens with zero attached hydrogens (tertiary/aromatic N) is 4. The number of carbonyl (C=O) groups excluding carboxylic acids is 3. The van der Waals surface area contributed by atoms with Crippen molar-refractivity contribution in [2.24, 2.45) is 0 Å². The van der Waals surface area contributed by atoms with E-state index in [1.54, 1.807) is 34.9 Å². The van der Waals surface area contributed by atoms with Crippen molar-refractivity contribution in [1.29, 1.82) is 0 Å². The van der Waals surface area contributed by atoms with Crippen LogP contribution in [-0.2, 0) is 34.4 Å². The van der Waals surface area contributed by atoms with Crippen molar-refractivity contribution in [3.63, 3.8) is 0 Å². The smallest absolute Gasteiger partial charge is 0.379 e. The van der Waals surface area contributed by atoms with Crippen LogP contribution in [0.25, 0.3) is 11.3 Å². The van der Waals surface area contributed by atoms with Crippen molar-refractivity contribution in [2.45, 2.75) is 49.1 Å². The maximum atomic E-state index is 13.9. The topological polar surface area (TPSA) is 107 Å². The standard InChI is InChI=1S/C48H51F3N6O4S/c1-55(20-21-56-22-24-61-25-23-56)45(58)29-34-8-7-13-41(28-34)62-33-36-10-5-11-37(26-36)47(60)54-43-15-14-40(57-18-3-2-4-19-57)31-42(43)44-30-38(16-17-52-44)46(59)53-32-35-9-6-12-39(27-35)48(49,50)51/h5-17,26-28,30-31H,2-4,18-25,29,32-33H2,1H3,(H,53,59)(H,54,60). The summed E-state index contributed by atoms with van der Waals surface area (Å²) in [6, 6.07) is 29.3. The number of thioether (sulfide) groups is 1. The van der Waals surface area contributed by atoms with E-state index in [1.807, 2.05) is 67.7 Å². The van der Waals surface area contributed by atoms with E-state index in [2.05, 4.69) is 25.4 Å². The lowest BCUT2D eigenvalue weighted by atomic mass is 10.0. The zero-order valence-corrected chi connectivity index (χ0v) is 35.6. The summed E-state index contributed by atoms with van der Waals surface area (Å²) in [5.74, 6) is -0.0938. The Morgan fingerprint density at radius 2 is 1.53 bits per heavy atom. The van der Waals surface area contributed by atoms with Gasteiger partial charge < -0.3 is 25.2 Å². The molecule has 14 heteroatoms. The van der Waals surface area contributed by atoms with Crippen LogP contribution in [-0.4, -0.2) is 92.0 Å². The Hall–Kier alpha value is -5.70. The molecule has 1 aromatic heterocycles. The molecule has 2 N–H and O–H groups in total. The number of morpholine rings is 1. The molecule has 2 aliphatic heterocycles. The second kappa shape index (κ2) is 20.9. The quantitative estimate of drug-likeness (QED) is 0.101. The summed E-state index contributed by atoms with van der Waals surface area (Å²) in [4.78, 5) is 52.3. The summed E-state index contributed by atoms with van der Waals surface area (Å²) in [7, 11) is 1.85. The van der Waals surface area contributed by atoms with E-state index in [0.717, 1.165) is 99.0 Å². The number of piperidine rings is 1. The molecule has 324 valence electrons. The van der Waals surface area contributed by atoms with Crippen LogP contribution in [0, 0.1) is 0 Å². The number of pyridine rings is 1. The van der Waals surface area contributed by atoms with Gasteiger partial charge in [-0.05, 0) is 103 Å². The molecule has 0 spiro atoms. The highest BCUT2D eigenvalue weighted by atomic mass is 32.2. The lowest BCUT2D eigenvalue weighted by Crippen LogP contribution is -2.42. The molecule has 2 saturated heterocycles. The first-order valence-electron chi connectivity index (χ1n) is 20.9. The van der Waals surface area contributed by atoms with Crippen LogP contribution >= 0.6 is 11.8 Å². The minimum absolute atomic E-state index is 0.0739. The van der Waals surface area contributed by atoms with Crippen LogP contribution in [0.2, 0.25) is 0 Å². The normalized spacial score (nSPS) is 14.6. The van der Waals surface area contributed by atoms with Gasteiger partial charge in [0.05, 0.1) is 36.6 Å². The van der Waals surface area contributed by atoms with Crippen LogP contribution in [0.15, 0.2) is 114 Å². The average Bonchev–Trinajstić information content (AvgIpc) is 3.30. The summed E-state index contributed by atoms with van der Waals surface area (Å²) in [5.41, 5.74) is 4.77. The zero-order valence-electron chi connectivity index (χ0n) is 34.8. The number of carbonyl (C=O) groups is 3. The fourth-order valence-electron chi connectivity index (χ4n) is 7.52. The number of hydrogen-bond acceptors (Lipinski definition) is 8. The Kier molecular flexibility index (Phi) is 15.0. The molecule has 5 aromatic rings. The Morgan fingerprint density at radius 3 is 2.34 bits per heavy atom. The summed E-state index contributed by atoms with van der Waals surface area (Å²) < 4.78 is 45.2. The van der Waals surface area contributed by atoms with Crippen molar-refractivity contribution in [3.8, 4) is 11.3 Å². The summed E-state index contributed by atoms with van der Waals surface area (Å²) in [6.45, 7) is 6.45. The van der Waals surface area contributed by atoms with Gasteiger partial charge in [0, 0.05) is 92.1 Å². The highest BCUT2D eigenvalue weighted by molar-refractivity contribution is 7.98. The van der Waals surface area contributed by atoms with Crippen molar-refractivity contribution in [3.05, 3.63) is 143 Å².